The van der Waals surface area contributed by atoms with Gasteiger partial charge in [-0.15, -0.1) is 0 Å². The summed E-state index contributed by atoms with van der Waals surface area (Å²) in [6.45, 7) is 7.13. The number of rotatable bonds is 4. The highest BCUT2D eigenvalue weighted by Gasteiger charge is 2.36. The molecule has 0 saturated carbocycles. The highest BCUT2D eigenvalue weighted by molar-refractivity contribution is 5.97. The molecule has 22 heavy (non-hydrogen) atoms. The second-order valence-corrected chi connectivity index (χ2v) is 5.91. The molecule has 0 saturated heterocycles. The summed E-state index contributed by atoms with van der Waals surface area (Å²) < 4.78 is 38.5. The molecule has 1 aromatic rings. The highest BCUT2D eigenvalue weighted by atomic mass is 19.4. The first kappa shape index (κ1) is 18.0. The van der Waals surface area contributed by atoms with Crippen LogP contribution in [-0.2, 0) is 10.3 Å². The molecule has 0 fully saturated rings. The van der Waals surface area contributed by atoms with Crippen molar-refractivity contribution in [3.8, 4) is 0 Å². The Kier molecular flexibility index (Phi) is 4.89. The Bertz CT molecular complexity index is 573. The van der Waals surface area contributed by atoms with Crippen LogP contribution in [0.1, 0.15) is 43.2 Å². The number of nitrogens with one attached hydrogen (secondary N) is 1. The van der Waals surface area contributed by atoms with Crippen LogP contribution >= 0.6 is 0 Å². The topological polar surface area (TPSA) is 84.2 Å². The summed E-state index contributed by atoms with van der Waals surface area (Å²) in [5.74, 6) is -2.64. The molecule has 0 aliphatic heterocycles. The van der Waals surface area contributed by atoms with Gasteiger partial charge in [-0.3, -0.25) is 9.48 Å². The van der Waals surface area contributed by atoms with Gasteiger partial charge in [0.25, 0.3) is 5.91 Å². The number of nitrogens with zero attached hydrogens (tertiary/aromatic N) is 2. The van der Waals surface area contributed by atoms with Crippen LogP contribution in [0.15, 0.2) is 6.20 Å². The SMILES string of the molecule is Cc1c(C(=O)NC(CC(F)(F)F)C(=O)O)cnn1C(C)(C)C. The van der Waals surface area contributed by atoms with Crippen molar-refractivity contribution < 1.29 is 27.9 Å². The molecular weight excluding hydrogens is 303 g/mol. The molecule has 0 spiro atoms. The fourth-order valence-electron chi connectivity index (χ4n) is 1.98. The predicted octanol–water partition coefficient (Wildman–Crippen LogP) is 2.08. The number of carbonyl (C=O) groups excluding carboxylic acids is 1. The quantitative estimate of drug-likeness (QED) is 0.889. The van der Waals surface area contributed by atoms with E-state index in [1.807, 2.05) is 26.1 Å². The van der Waals surface area contributed by atoms with Crippen LogP contribution in [0.3, 0.4) is 0 Å². The zero-order valence-electron chi connectivity index (χ0n) is 12.7. The Morgan fingerprint density at radius 2 is 1.91 bits per heavy atom. The third-order valence-corrected chi connectivity index (χ3v) is 2.93. The van der Waals surface area contributed by atoms with E-state index in [2.05, 4.69) is 5.10 Å². The summed E-state index contributed by atoms with van der Waals surface area (Å²) in [4.78, 5) is 22.9. The van der Waals surface area contributed by atoms with E-state index in [-0.39, 0.29) is 5.56 Å². The maximum atomic E-state index is 12.3. The molecule has 6 nitrogen and oxygen atoms in total. The van der Waals surface area contributed by atoms with Gasteiger partial charge in [0, 0.05) is 5.69 Å². The molecule has 0 bridgehead atoms. The molecule has 2 N–H and O–H groups in total. The van der Waals surface area contributed by atoms with Crippen molar-refractivity contribution in [2.75, 3.05) is 0 Å². The number of carbonyl (C=O) groups is 2. The first-order valence-corrected chi connectivity index (χ1v) is 6.48. The second-order valence-electron chi connectivity index (χ2n) is 5.91. The van der Waals surface area contributed by atoms with Crippen molar-refractivity contribution >= 4 is 11.9 Å². The van der Waals surface area contributed by atoms with Crippen molar-refractivity contribution in [2.24, 2.45) is 0 Å². The molecule has 0 aliphatic carbocycles. The Labute approximate surface area is 125 Å². The number of carboxylic acid groups (broad SMARTS) is 1. The monoisotopic (exact) mass is 321 g/mol. The molecule has 0 aliphatic rings. The average Bonchev–Trinajstić information content (AvgIpc) is 2.67. The maximum Gasteiger partial charge on any atom is 0.391 e. The van der Waals surface area contributed by atoms with E-state index in [1.165, 1.54) is 6.20 Å². The molecule has 124 valence electrons. The van der Waals surface area contributed by atoms with E-state index in [1.54, 1.807) is 11.6 Å². The van der Waals surface area contributed by atoms with Crippen molar-refractivity contribution in [2.45, 2.75) is 51.9 Å². The molecule has 1 rings (SSSR count). The normalized spacial score (nSPS) is 13.8. The Morgan fingerprint density at radius 3 is 2.27 bits per heavy atom. The first-order valence-electron chi connectivity index (χ1n) is 6.48. The van der Waals surface area contributed by atoms with E-state index >= 15 is 0 Å². The molecule has 1 heterocycles. The lowest BCUT2D eigenvalue weighted by molar-refractivity contribution is -0.157. The van der Waals surface area contributed by atoms with Crippen molar-refractivity contribution in [3.63, 3.8) is 0 Å². The van der Waals surface area contributed by atoms with E-state index < -0.39 is 36.1 Å². The van der Waals surface area contributed by atoms with Gasteiger partial charge in [0.15, 0.2) is 0 Å². The largest absolute Gasteiger partial charge is 0.480 e. The minimum atomic E-state index is -4.69. The fraction of sp³-hybridized carbons (Fsp3) is 0.615. The van der Waals surface area contributed by atoms with E-state index in [4.69, 9.17) is 5.11 Å². The second kappa shape index (κ2) is 5.98. The van der Waals surface area contributed by atoms with Gasteiger partial charge in [-0.1, -0.05) is 0 Å². The summed E-state index contributed by atoms with van der Waals surface area (Å²) in [6.07, 6.45) is -5.12. The standard InChI is InChI=1S/C13H18F3N3O3/c1-7-8(6-17-19(7)12(2,3)4)10(20)18-9(11(21)22)5-13(14,15)16/h6,9H,5H2,1-4H3,(H,18,20)(H,21,22). The molecule has 9 heteroatoms. The van der Waals surface area contributed by atoms with Gasteiger partial charge in [0.2, 0.25) is 0 Å². The number of carboxylic acids is 1. The number of alkyl halides is 3. The minimum absolute atomic E-state index is 0.0448. The highest BCUT2D eigenvalue weighted by Crippen LogP contribution is 2.22. The predicted molar refractivity (Wildman–Crippen MR) is 71.5 cm³/mol. The number of halogens is 3. The number of hydrogen-bond acceptors (Lipinski definition) is 3. The van der Waals surface area contributed by atoms with E-state index in [9.17, 15) is 22.8 Å². The Balaban J connectivity index is 2.97. The number of hydrogen-bond donors (Lipinski definition) is 2. The van der Waals surface area contributed by atoms with E-state index in [0.717, 1.165) is 0 Å². The van der Waals surface area contributed by atoms with Gasteiger partial charge in [0.05, 0.1) is 23.7 Å². The molecule has 1 aromatic heterocycles. The fourth-order valence-corrected chi connectivity index (χ4v) is 1.98. The van der Waals surface area contributed by atoms with Crippen molar-refractivity contribution in [1.29, 1.82) is 0 Å². The summed E-state index contributed by atoms with van der Waals surface area (Å²) in [5, 5.41) is 14.7. The summed E-state index contributed by atoms with van der Waals surface area (Å²) in [5.41, 5.74) is 0.0744. The average molecular weight is 321 g/mol. The lowest BCUT2D eigenvalue weighted by atomic mass is 10.1. The van der Waals surface area contributed by atoms with Crippen LogP contribution in [-0.4, -0.2) is 39.0 Å². The number of aromatic nitrogens is 2. The zero-order chi connectivity index (χ0) is 17.3. The van der Waals surface area contributed by atoms with Crippen LogP contribution < -0.4 is 5.32 Å². The van der Waals surface area contributed by atoms with Gasteiger partial charge in [0.1, 0.15) is 6.04 Å². The molecule has 0 radical (unpaired) electrons. The van der Waals surface area contributed by atoms with Crippen LogP contribution in [0, 0.1) is 6.92 Å². The molecular formula is C13H18F3N3O3. The summed E-state index contributed by atoms with van der Waals surface area (Å²) >= 11 is 0. The molecule has 1 unspecified atom stereocenters. The Morgan fingerprint density at radius 1 is 1.36 bits per heavy atom. The Hall–Kier alpha value is -2.06. The van der Waals surface area contributed by atoms with Crippen LogP contribution in [0.4, 0.5) is 13.2 Å². The van der Waals surface area contributed by atoms with Crippen LogP contribution in [0.2, 0.25) is 0 Å². The lowest BCUT2D eigenvalue weighted by Gasteiger charge is -2.21. The minimum Gasteiger partial charge on any atom is -0.480 e. The zero-order valence-corrected chi connectivity index (χ0v) is 12.7. The number of aliphatic carboxylic acids is 1. The lowest BCUT2D eigenvalue weighted by Crippen LogP contribution is -2.43. The molecule has 1 atom stereocenters. The van der Waals surface area contributed by atoms with E-state index in [0.29, 0.717) is 5.69 Å². The van der Waals surface area contributed by atoms with Gasteiger partial charge in [-0.25, -0.2) is 4.79 Å². The van der Waals surface area contributed by atoms with Gasteiger partial charge in [-0.2, -0.15) is 18.3 Å². The first-order chi connectivity index (χ1) is 9.83. The van der Waals surface area contributed by atoms with Gasteiger partial charge in [-0.05, 0) is 27.7 Å². The maximum absolute atomic E-state index is 12.3. The van der Waals surface area contributed by atoms with Gasteiger partial charge >= 0.3 is 12.1 Å². The smallest absolute Gasteiger partial charge is 0.391 e. The van der Waals surface area contributed by atoms with Crippen molar-refractivity contribution in [1.82, 2.24) is 15.1 Å². The van der Waals surface area contributed by atoms with Gasteiger partial charge < -0.3 is 10.4 Å². The number of amides is 1. The third-order valence-electron chi connectivity index (χ3n) is 2.93. The van der Waals surface area contributed by atoms with Crippen LogP contribution in [0.25, 0.3) is 0 Å². The van der Waals surface area contributed by atoms with Crippen LogP contribution in [0.5, 0.6) is 0 Å². The molecule has 0 aromatic carbocycles. The molecule has 1 amide bonds. The summed E-state index contributed by atoms with van der Waals surface area (Å²) in [6, 6.07) is -2.04. The van der Waals surface area contributed by atoms with Crippen molar-refractivity contribution in [3.05, 3.63) is 17.5 Å². The summed E-state index contributed by atoms with van der Waals surface area (Å²) in [7, 11) is 0. The third kappa shape index (κ3) is 4.47.